The van der Waals surface area contributed by atoms with Gasteiger partial charge in [-0.15, -0.1) is 0 Å². The Balaban J connectivity index is 4.00. The minimum Gasteiger partial charge on any atom is -0.483 e. The number of carbonyl (C=O) groups is 1. The van der Waals surface area contributed by atoms with Crippen LogP contribution in [0, 0.1) is 0 Å². The molecule has 25 heavy (non-hydrogen) atoms. The Morgan fingerprint density at radius 1 is 1.12 bits per heavy atom. The first kappa shape index (κ1) is 24.4. The zero-order valence-corrected chi connectivity index (χ0v) is 16.8. The van der Waals surface area contributed by atoms with E-state index in [0.717, 1.165) is 50.8 Å². The van der Waals surface area contributed by atoms with Gasteiger partial charge in [-0.3, -0.25) is 4.79 Å². The van der Waals surface area contributed by atoms with Gasteiger partial charge in [0.2, 0.25) is 5.91 Å². The summed E-state index contributed by atoms with van der Waals surface area (Å²) in [6.07, 6.45) is 8.37. The second-order valence-corrected chi connectivity index (χ2v) is 6.17. The number of nitrogens with one attached hydrogen (secondary N) is 4. The van der Waals surface area contributed by atoms with Crippen molar-refractivity contribution >= 4 is 31.3 Å². The van der Waals surface area contributed by atoms with Crippen LogP contribution in [0.2, 0.25) is 0 Å². The molecule has 0 spiro atoms. The Labute approximate surface area is 158 Å². The Morgan fingerprint density at radius 2 is 1.76 bits per heavy atom. The fourth-order valence-corrected chi connectivity index (χ4v) is 2.84. The highest BCUT2D eigenvalue weighted by Gasteiger charge is 2.15. The zero-order valence-electron chi connectivity index (χ0n) is 15.6. The Morgan fingerprint density at radius 3 is 2.28 bits per heavy atom. The molecule has 9 heteroatoms. The lowest BCUT2D eigenvalue weighted by molar-refractivity contribution is -0.122. The minimum atomic E-state index is -0.354. The van der Waals surface area contributed by atoms with Crippen LogP contribution in [0.1, 0.15) is 51.9 Å². The highest BCUT2D eigenvalue weighted by Crippen LogP contribution is 2.15. The summed E-state index contributed by atoms with van der Waals surface area (Å²) in [6.45, 7) is 3.47. The van der Waals surface area contributed by atoms with Crippen molar-refractivity contribution in [3.8, 4) is 0 Å². The largest absolute Gasteiger partial charge is 0.483 e. The second kappa shape index (κ2) is 16.9. The van der Waals surface area contributed by atoms with Crippen molar-refractivity contribution in [1.29, 1.82) is 0 Å². The molecule has 6 nitrogen and oxygen atoms in total. The molecular weight excluding hydrogens is 333 g/mol. The fraction of sp³-hybridized carbons (Fsp3) is 0.812. The van der Waals surface area contributed by atoms with E-state index >= 15 is 0 Å². The lowest BCUT2D eigenvalue weighted by Gasteiger charge is -2.19. The van der Waals surface area contributed by atoms with Gasteiger partial charge in [-0.25, -0.2) is 0 Å². The van der Waals surface area contributed by atoms with Gasteiger partial charge in [0.1, 0.15) is 5.76 Å². The molecule has 0 fully saturated rings. The molecule has 0 saturated carbocycles. The van der Waals surface area contributed by atoms with E-state index in [4.69, 9.17) is 20.5 Å². The lowest BCUT2D eigenvalue weighted by Crippen LogP contribution is -2.43. The minimum absolute atomic E-state index is 0.0479. The third-order valence-corrected chi connectivity index (χ3v) is 4.31. The van der Waals surface area contributed by atoms with E-state index in [2.05, 4.69) is 43.6 Å². The topological polar surface area (TPSA) is 74.4 Å². The molecule has 3 unspecified atom stereocenters. The van der Waals surface area contributed by atoms with Gasteiger partial charge in [0, 0.05) is 6.54 Å². The number of amides is 1. The summed E-state index contributed by atoms with van der Waals surface area (Å²) in [4.78, 5) is 12.1. The van der Waals surface area contributed by atoms with Gasteiger partial charge in [0.05, 0.1) is 21.6 Å². The van der Waals surface area contributed by atoms with E-state index in [1.165, 1.54) is 0 Å². The van der Waals surface area contributed by atoms with Gasteiger partial charge in [-0.2, -0.15) is 0 Å². The lowest BCUT2D eigenvalue weighted by atomic mass is 10.1. The van der Waals surface area contributed by atoms with Crippen molar-refractivity contribution in [1.82, 2.24) is 21.1 Å². The molecule has 0 aliphatic heterocycles. The average Bonchev–Trinajstić information content (AvgIpc) is 2.63. The standard InChI is InChI=1S/C16H33B2N4O2P/c1-3-8-15(24-25)13(19-2)9-4-6-11-20-16(23)14(22-18)10-5-7-12-21-17/h8,13-14,19,21-22H,3-7,9-12,25H2,1-2H3,(H,20,23)/b15-8+. The van der Waals surface area contributed by atoms with Crippen LogP contribution in [0.25, 0.3) is 0 Å². The third-order valence-electron chi connectivity index (χ3n) is 4.03. The number of carbonyl (C=O) groups excluding carboxylic acids is 1. The number of hydrogen-bond acceptors (Lipinski definition) is 5. The van der Waals surface area contributed by atoms with E-state index in [0.29, 0.717) is 13.0 Å². The molecule has 0 heterocycles. The normalized spacial score (nSPS) is 14.1. The fourth-order valence-electron chi connectivity index (χ4n) is 2.58. The van der Waals surface area contributed by atoms with Crippen LogP contribution >= 0.6 is 9.47 Å². The molecule has 0 aromatic heterocycles. The van der Waals surface area contributed by atoms with Gasteiger partial charge in [0.25, 0.3) is 0 Å². The number of hydrogen-bond donors (Lipinski definition) is 4. The molecule has 0 aliphatic rings. The molecule has 0 rings (SSSR count). The van der Waals surface area contributed by atoms with Crippen LogP contribution < -0.4 is 21.1 Å². The van der Waals surface area contributed by atoms with Crippen molar-refractivity contribution in [2.75, 3.05) is 20.1 Å². The maximum Gasteiger partial charge on any atom is 0.236 e. The van der Waals surface area contributed by atoms with Crippen LogP contribution in [0.15, 0.2) is 11.8 Å². The molecule has 4 radical (unpaired) electrons. The molecule has 0 saturated heterocycles. The smallest absolute Gasteiger partial charge is 0.236 e. The summed E-state index contributed by atoms with van der Waals surface area (Å²) in [5, 5.41) is 11.4. The van der Waals surface area contributed by atoms with Crippen LogP contribution in [-0.2, 0) is 9.32 Å². The van der Waals surface area contributed by atoms with Crippen LogP contribution in [0.3, 0.4) is 0 Å². The summed E-state index contributed by atoms with van der Waals surface area (Å²) in [6, 6.07) is -0.157. The van der Waals surface area contributed by atoms with Crippen LogP contribution in [-0.4, -0.2) is 54.1 Å². The predicted octanol–water partition coefficient (Wildman–Crippen LogP) is 0.847. The predicted molar refractivity (Wildman–Crippen MR) is 109 cm³/mol. The summed E-state index contributed by atoms with van der Waals surface area (Å²) in [5.74, 6) is 0.895. The summed E-state index contributed by atoms with van der Waals surface area (Å²) in [5.41, 5.74) is 0. The van der Waals surface area contributed by atoms with Crippen LogP contribution in [0.5, 0.6) is 0 Å². The summed E-state index contributed by atoms with van der Waals surface area (Å²) < 4.78 is 5.35. The SMILES string of the molecule is [B]NCCCCC(N[B])C(=O)NCCCCC(NC)/C(=C\CC)OP. The number of likely N-dealkylation sites (N-methyl/N-ethyl adjacent to an activating group) is 1. The quantitative estimate of drug-likeness (QED) is 0.141. The van der Waals surface area contributed by atoms with E-state index < -0.39 is 0 Å². The summed E-state index contributed by atoms with van der Waals surface area (Å²) in [7, 11) is 14.9. The van der Waals surface area contributed by atoms with Gasteiger partial charge >= 0.3 is 0 Å². The Hall–Kier alpha value is -0.550. The van der Waals surface area contributed by atoms with Crippen molar-refractivity contribution in [2.45, 2.75) is 64.0 Å². The molecule has 0 aromatic carbocycles. The van der Waals surface area contributed by atoms with Crippen molar-refractivity contribution in [2.24, 2.45) is 0 Å². The molecule has 1 amide bonds. The Bertz CT molecular complexity index is 376. The zero-order chi connectivity index (χ0) is 18.9. The second-order valence-electron chi connectivity index (χ2n) is 5.93. The van der Waals surface area contributed by atoms with E-state index in [-0.39, 0.29) is 18.0 Å². The van der Waals surface area contributed by atoms with Crippen molar-refractivity contribution in [3.63, 3.8) is 0 Å². The average molecular weight is 366 g/mol. The first-order valence-corrected chi connectivity index (χ1v) is 9.53. The molecular formula is C16H33B2N4O2P. The van der Waals surface area contributed by atoms with Gasteiger partial charge in [-0.1, -0.05) is 13.3 Å². The van der Waals surface area contributed by atoms with Gasteiger partial charge < -0.3 is 25.6 Å². The van der Waals surface area contributed by atoms with E-state index in [9.17, 15) is 4.79 Å². The summed E-state index contributed by atoms with van der Waals surface area (Å²) >= 11 is 0. The van der Waals surface area contributed by atoms with E-state index in [1.807, 2.05) is 7.05 Å². The highest BCUT2D eigenvalue weighted by molar-refractivity contribution is 7.10. The maximum atomic E-state index is 12.1. The molecule has 0 aliphatic carbocycles. The molecule has 3 atom stereocenters. The van der Waals surface area contributed by atoms with E-state index in [1.54, 1.807) is 0 Å². The van der Waals surface area contributed by atoms with Gasteiger partial charge in [-0.05, 0) is 58.2 Å². The molecule has 0 bridgehead atoms. The van der Waals surface area contributed by atoms with Gasteiger partial charge in [0.15, 0.2) is 16.0 Å². The maximum absolute atomic E-state index is 12.1. The Kier molecular flexibility index (Phi) is 16.5. The number of rotatable bonds is 16. The van der Waals surface area contributed by atoms with Crippen molar-refractivity contribution < 1.29 is 9.32 Å². The first-order chi connectivity index (χ1) is 12.1. The third kappa shape index (κ3) is 11.6. The van der Waals surface area contributed by atoms with Crippen molar-refractivity contribution in [3.05, 3.63) is 11.8 Å². The number of allylic oxidation sites excluding steroid dienone is 1. The first-order valence-electron chi connectivity index (χ1n) is 9.05. The molecule has 140 valence electrons. The van der Waals surface area contributed by atoms with Crippen LogP contribution in [0.4, 0.5) is 0 Å². The number of unbranched alkanes of at least 4 members (excludes halogenated alkanes) is 2. The molecule has 4 N–H and O–H groups in total. The monoisotopic (exact) mass is 366 g/mol. The molecule has 0 aromatic rings. The highest BCUT2D eigenvalue weighted by atomic mass is 31.0.